The van der Waals surface area contributed by atoms with Crippen LogP contribution in [0.15, 0.2) is 36.8 Å². The van der Waals surface area contributed by atoms with Gasteiger partial charge in [-0.3, -0.25) is 14.9 Å². The van der Waals surface area contributed by atoms with Crippen LogP contribution in [0.1, 0.15) is 44.6 Å². The van der Waals surface area contributed by atoms with E-state index < -0.39 is 23.4 Å². The number of hydrogen-bond acceptors (Lipinski definition) is 6. The largest absolute Gasteiger partial charge is 0.493 e. The molecule has 8 nitrogen and oxygen atoms in total. The average molecular weight is 498 g/mol. The van der Waals surface area contributed by atoms with Gasteiger partial charge in [0.2, 0.25) is 0 Å². The number of anilines is 3. The van der Waals surface area contributed by atoms with Gasteiger partial charge in [-0.25, -0.2) is 23.5 Å². The number of pyridine rings is 1. The van der Waals surface area contributed by atoms with Crippen LogP contribution in [0.2, 0.25) is 0 Å². The molecule has 1 aromatic carbocycles. The summed E-state index contributed by atoms with van der Waals surface area (Å²) in [6.07, 6.45) is 6.42. The highest BCUT2D eigenvalue weighted by atomic mass is 19.1. The van der Waals surface area contributed by atoms with Crippen molar-refractivity contribution in [2.45, 2.75) is 41.2 Å². The van der Waals surface area contributed by atoms with Crippen molar-refractivity contribution in [1.29, 1.82) is 0 Å². The number of nitrogens with zero attached hydrogens (tertiary/aromatic N) is 5. The molecule has 0 saturated carbocycles. The van der Waals surface area contributed by atoms with Gasteiger partial charge in [-0.15, -0.1) is 0 Å². The maximum absolute atomic E-state index is 15.3. The van der Waals surface area contributed by atoms with E-state index in [2.05, 4.69) is 15.0 Å². The molecule has 3 heterocycles. The van der Waals surface area contributed by atoms with Gasteiger partial charge in [-0.2, -0.15) is 0 Å². The first-order chi connectivity index (χ1) is 17.3. The van der Waals surface area contributed by atoms with E-state index in [0.29, 0.717) is 22.6 Å². The predicted octanol–water partition coefficient (Wildman–Crippen LogP) is 6.20. The molecule has 1 aliphatic rings. The number of halogens is 2. The summed E-state index contributed by atoms with van der Waals surface area (Å²) in [4.78, 5) is 29.0. The lowest BCUT2D eigenvalue weighted by molar-refractivity contribution is 0.251. The minimum absolute atomic E-state index is 0.129. The molecule has 2 amide bonds. The number of allylic oxidation sites excluding steroid dienone is 2. The van der Waals surface area contributed by atoms with Gasteiger partial charge >= 0.3 is 6.03 Å². The van der Waals surface area contributed by atoms with Gasteiger partial charge in [-0.1, -0.05) is 19.9 Å². The fraction of sp³-hybridized carbons (Fsp3) is 0.308. The highest BCUT2D eigenvalue weighted by molar-refractivity contribution is 6.10. The fourth-order valence-corrected chi connectivity index (χ4v) is 3.64. The van der Waals surface area contributed by atoms with Crippen molar-refractivity contribution in [2.75, 3.05) is 24.0 Å². The van der Waals surface area contributed by atoms with E-state index in [1.807, 2.05) is 33.8 Å². The number of urea groups is 1. The molecule has 190 valence electrons. The Labute approximate surface area is 209 Å². The average Bonchev–Trinajstić information content (AvgIpc) is 2.90. The number of methoxy groups -OCH3 is 2. The lowest BCUT2D eigenvalue weighted by Crippen LogP contribution is -2.46. The smallest absolute Gasteiger partial charge is 0.335 e. The third-order valence-corrected chi connectivity index (χ3v) is 5.61. The number of hydrogen-bond donors (Lipinski definition) is 0. The number of carbonyl (C=O) groups excluding carboxylic acids is 1. The van der Waals surface area contributed by atoms with Gasteiger partial charge in [-0.05, 0) is 32.4 Å². The molecular weight excluding hydrogens is 468 g/mol. The van der Waals surface area contributed by atoms with Crippen molar-refractivity contribution >= 4 is 28.8 Å². The molecule has 0 spiro atoms. The Kier molecular flexibility index (Phi) is 8.18. The minimum atomic E-state index is -1.03. The number of benzene rings is 1. The Bertz CT molecular complexity index is 1270. The molecule has 36 heavy (non-hydrogen) atoms. The normalized spacial score (nSPS) is 13.1. The van der Waals surface area contributed by atoms with E-state index in [1.54, 1.807) is 19.2 Å². The van der Waals surface area contributed by atoms with Crippen molar-refractivity contribution in [3.63, 3.8) is 0 Å². The highest BCUT2D eigenvalue weighted by Crippen LogP contribution is 2.42. The molecular formula is C26H29F2N5O3. The van der Waals surface area contributed by atoms with Crippen molar-refractivity contribution in [2.24, 2.45) is 0 Å². The zero-order valence-electron chi connectivity index (χ0n) is 21.4. The Balaban J connectivity index is 0.00000176. The van der Waals surface area contributed by atoms with Crippen LogP contribution in [0.3, 0.4) is 0 Å². The molecule has 2 aromatic heterocycles. The molecule has 0 bridgehead atoms. The van der Waals surface area contributed by atoms with Crippen LogP contribution in [0.25, 0.3) is 5.57 Å². The van der Waals surface area contributed by atoms with Gasteiger partial charge in [0.05, 0.1) is 50.2 Å². The minimum Gasteiger partial charge on any atom is -0.493 e. The second kappa shape index (κ2) is 11.1. The number of fused-ring (bicyclic) bond motifs is 1. The summed E-state index contributed by atoms with van der Waals surface area (Å²) in [6, 6.07) is 2.13. The third-order valence-electron chi connectivity index (χ3n) is 5.61. The van der Waals surface area contributed by atoms with Crippen LogP contribution in [-0.2, 0) is 6.54 Å². The highest BCUT2D eigenvalue weighted by Gasteiger charge is 2.38. The van der Waals surface area contributed by atoms with Crippen LogP contribution in [-0.4, -0.2) is 35.2 Å². The molecule has 4 rings (SSSR count). The summed E-state index contributed by atoms with van der Waals surface area (Å²) in [5.41, 5.74) is 2.69. The fourth-order valence-electron chi connectivity index (χ4n) is 3.64. The molecule has 0 N–H and O–H groups in total. The molecule has 0 saturated heterocycles. The van der Waals surface area contributed by atoms with Gasteiger partial charge in [0.15, 0.2) is 29.0 Å². The molecule has 0 fully saturated rings. The van der Waals surface area contributed by atoms with E-state index in [1.165, 1.54) is 31.5 Å². The van der Waals surface area contributed by atoms with Gasteiger partial charge < -0.3 is 9.47 Å². The first kappa shape index (κ1) is 26.5. The van der Waals surface area contributed by atoms with E-state index in [9.17, 15) is 4.79 Å². The Hall–Kier alpha value is -4.08. The lowest BCUT2D eigenvalue weighted by atomic mass is 10.1. The second-order valence-electron chi connectivity index (χ2n) is 7.65. The standard InChI is InChI=1S/C24H23F2N5O3.C2H6/c1-6-13(2)16-7-17-15(10-28-16)12-30(24(32)31(17)20-11-27-14(3)9-29-20)23-21(25)18(33-4)8-19(34-5)22(23)26;1-2/h6-11H,12H2,1-5H3;1-2H3/b13-6+;. The van der Waals surface area contributed by atoms with Gasteiger partial charge in [0.25, 0.3) is 0 Å². The zero-order valence-corrected chi connectivity index (χ0v) is 21.4. The molecule has 10 heteroatoms. The van der Waals surface area contributed by atoms with Crippen LogP contribution in [0.4, 0.5) is 30.8 Å². The monoisotopic (exact) mass is 497 g/mol. The van der Waals surface area contributed by atoms with E-state index in [0.717, 1.165) is 16.5 Å². The molecule has 0 radical (unpaired) electrons. The van der Waals surface area contributed by atoms with Crippen LogP contribution in [0.5, 0.6) is 11.5 Å². The van der Waals surface area contributed by atoms with Crippen LogP contribution < -0.4 is 19.3 Å². The van der Waals surface area contributed by atoms with Crippen LogP contribution in [0, 0.1) is 18.6 Å². The van der Waals surface area contributed by atoms with Crippen LogP contribution >= 0.6 is 0 Å². The molecule has 0 atom stereocenters. The Morgan fingerprint density at radius 2 is 1.64 bits per heavy atom. The van der Waals surface area contributed by atoms with Crippen molar-refractivity contribution < 1.29 is 23.0 Å². The van der Waals surface area contributed by atoms with E-state index >= 15 is 8.78 Å². The SMILES string of the molecule is C/C=C(\C)c1cc2c(cn1)CN(c1c(F)c(OC)cc(OC)c1F)C(=O)N2c1cnc(C)cn1.CC. The quantitative estimate of drug-likeness (QED) is 0.417. The summed E-state index contributed by atoms with van der Waals surface area (Å²) in [6.45, 7) is 9.42. The second-order valence-corrected chi connectivity index (χ2v) is 7.65. The number of aryl methyl sites for hydroxylation is 1. The Morgan fingerprint density at radius 3 is 2.17 bits per heavy atom. The zero-order chi connectivity index (χ0) is 26.6. The topological polar surface area (TPSA) is 80.7 Å². The van der Waals surface area contributed by atoms with Crippen molar-refractivity contribution in [3.8, 4) is 11.5 Å². The number of rotatable bonds is 5. The predicted molar refractivity (Wildman–Crippen MR) is 135 cm³/mol. The van der Waals surface area contributed by atoms with Gasteiger partial charge in [0, 0.05) is 17.8 Å². The maximum Gasteiger partial charge on any atom is 0.335 e. The lowest BCUT2D eigenvalue weighted by Gasteiger charge is -2.36. The van der Waals surface area contributed by atoms with E-state index in [4.69, 9.17) is 9.47 Å². The number of amides is 2. The molecule has 3 aromatic rings. The first-order valence-electron chi connectivity index (χ1n) is 11.4. The first-order valence-corrected chi connectivity index (χ1v) is 11.4. The summed E-state index contributed by atoms with van der Waals surface area (Å²) < 4.78 is 40.7. The molecule has 0 aliphatic carbocycles. The van der Waals surface area contributed by atoms with Crippen molar-refractivity contribution in [1.82, 2.24) is 15.0 Å². The van der Waals surface area contributed by atoms with Gasteiger partial charge in [0.1, 0.15) is 5.69 Å². The number of ether oxygens (including phenoxy) is 2. The summed E-state index contributed by atoms with van der Waals surface area (Å²) in [7, 11) is 2.49. The third kappa shape index (κ3) is 4.71. The van der Waals surface area contributed by atoms with Crippen molar-refractivity contribution in [3.05, 3.63) is 65.4 Å². The number of aromatic nitrogens is 3. The molecule has 1 aliphatic heterocycles. The summed E-state index contributed by atoms with van der Waals surface area (Å²) in [5.74, 6) is -2.37. The van der Waals surface area contributed by atoms with E-state index in [-0.39, 0.29) is 23.9 Å². The Morgan fingerprint density at radius 1 is 1.00 bits per heavy atom. The summed E-state index contributed by atoms with van der Waals surface area (Å²) in [5, 5.41) is 0. The maximum atomic E-state index is 15.3. The number of carbonyl (C=O) groups is 1. The molecule has 0 unspecified atom stereocenters. The summed E-state index contributed by atoms with van der Waals surface area (Å²) >= 11 is 0.